The van der Waals surface area contributed by atoms with Gasteiger partial charge in [-0.1, -0.05) is 64.1 Å². The van der Waals surface area contributed by atoms with E-state index in [2.05, 4.69) is 0 Å². The Morgan fingerprint density at radius 3 is 1.16 bits per heavy atom. The molecular weight excluding hydrogens is 543 g/mol. The van der Waals surface area contributed by atoms with E-state index in [0.717, 1.165) is 36.8 Å². The maximum Gasteiger partial charge on any atom is 0.457 e. The number of hydrogen-bond donors (Lipinski definition) is 0. The Labute approximate surface area is 228 Å². The van der Waals surface area contributed by atoms with Gasteiger partial charge in [0.05, 0.1) is 26.4 Å². The quantitative estimate of drug-likeness (QED) is 0.182. The van der Waals surface area contributed by atoms with Crippen LogP contribution in [0.15, 0.2) is 62.1 Å². The molecule has 0 saturated heterocycles. The topological polar surface area (TPSA) is 92.5 Å². The highest BCUT2D eigenvalue weighted by atomic mass is 31.3. The summed E-state index contributed by atoms with van der Waals surface area (Å²) in [5.41, 5.74) is 1.85. The summed E-state index contributed by atoms with van der Waals surface area (Å²) >= 11 is 0. The smallest absolute Gasteiger partial charge is 0.413 e. The van der Waals surface area contributed by atoms with Crippen LogP contribution in [0.4, 0.5) is 0 Å². The molecule has 0 N–H and O–H groups in total. The van der Waals surface area contributed by atoms with Crippen molar-refractivity contribution in [1.82, 2.24) is 0 Å². The van der Waals surface area contributed by atoms with E-state index in [1.807, 2.05) is 90.1 Å². The van der Waals surface area contributed by atoms with Gasteiger partial charge in [-0.3, -0.25) is 0 Å². The summed E-state index contributed by atoms with van der Waals surface area (Å²) in [6, 6.07) is 15.4. The van der Waals surface area contributed by atoms with Gasteiger partial charge in [-0.15, -0.1) is 13.5 Å². The molecule has 3 rings (SSSR count). The molecule has 9 nitrogen and oxygen atoms in total. The van der Waals surface area contributed by atoms with Crippen LogP contribution < -0.4 is 9.05 Å². The summed E-state index contributed by atoms with van der Waals surface area (Å²) in [5.74, 6) is 1.22. The average Bonchev–Trinajstić information content (AvgIpc) is 2.91. The fourth-order valence-corrected chi connectivity index (χ4v) is 13.1. The fraction of sp³-hybridized carbons (Fsp3) is 0.538. The third-order valence-corrected chi connectivity index (χ3v) is 13.5. The zero-order chi connectivity index (χ0) is 27.5. The van der Waals surface area contributed by atoms with Crippen molar-refractivity contribution in [3.05, 3.63) is 59.7 Å². The molecule has 1 aliphatic rings. The highest BCUT2D eigenvalue weighted by molar-refractivity contribution is 7.78. The number of benzene rings is 2. The Morgan fingerprint density at radius 2 is 0.816 bits per heavy atom. The van der Waals surface area contributed by atoms with Crippen molar-refractivity contribution in [3.63, 3.8) is 0 Å². The second-order valence-electron chi connectivity index (χ2n) is 8.79. The predicted octanol–water partition coefficient (Wildman–Crippen LogP) is 10.3. The van der Waals surface area contributed by atoms with Crippen molar-refractivity contribution < 1.29 is 27.1 Å². The molecule has 1 heterocycles. The molecule has 0 amide bonds. The maximum absolute atomic E-state index is 6.69. The van der Waals surface area contributed by atoms with Crippen LogP contribution >= 0.6 is 23.0 Å². The number of para-hydroxylation sites is 2. The van der Waals surface area contributed by atoms with Crippen LogP contribution in [0.5, 0.6) is 11.5 Å². The Kier molecular flexibility index (Phi) is 12.1. The van der Waals surface area contributed by atoms with Crippen molar-refractivity contribution >= 4 is 23.0 Å². The summed E-state index contributed by atoms with van der Waals surface area (Å²) in [5, 5.41) is 0. The molecule has 0 saturated carbocycles. The number of rotatable bonds is 16. The molecule has 38 heavy (non-hydrogen) atoms. The average molecular weight is 586 g/mol. The lowest BCUT2D eigenvalue weighted by Crippen LogP contribution is -2.09. The molecule has 2 aromatic rings. The Morgan fingerprint density at radius 1 is 0.500 bits per heavy atom. The molecule has 0 spiro atoms. The normalized spacial score (nSPS) is 17.1. The standard InChI is InChI=1S/C26H42N3O6P3/c1-7-19-30-36(31-20-8-2)27-37(32-21-9-3,33-22-10-4)29-38(28-36,34-25-17-13-11-15-23(25)5)35-26-18-14-12-16-24(26)6/h11-18H,7-10,19-22H2,1-6H3. The van der Waals surface area contributed by atoms with Crippen LogP contribution in [0, 0.1) is 13.8 Å². The van der Waals surface area contributed by atoms with Crippen LogP contribution in [-0.2, 0) is 18.1 Å². The van der Waals surface area contributed by atoms with Gasteiger partial charge < -0.3 is 27.1 Å². The lowest BCUT2D eigenvalue weighted by Gasteiger charge is -2.33. The first-order valence-corrected chi connectivity index (χ1v) is 17.9. The van der Waals surface area contributed by atoms with Crippen LogP contribution in [-0.4, -0.2) is 26.4 Å². The fourth-order valence-electron chi connectivity index (χ4n) is 3.27. The molecule has 0 aromatic heterocycles. The SMILES string of the molecule is CCCOP1(OCCC)=NP(OCCC)(OCCC)=NP(Oc2ccccc2C)(Oc2ccccc2C)=N1. The number of nitrogens with zero attached hydrogens (tertiary/aromatic N) is 3. The van der Waals surface area contributed by atoms with Crippen molar-refractivity contribution in [3.8, 4) is 11.5 Å². The second kappa shape index (κ2) is 14.8. The van der Waals surface area contributed by atoms with E-state index in [1.54, 1.807) is 0 Å². The van der Waals surface area contributed by atoms with Gasteiger partial charge in [0, 0.05) is 0 Å². The van der Waals surface area contributed by atoms with Gasteiger partial charge >= 0.3 is 23.0 Å². The highest BCUT2D eigenvalue weighted by Gasteiger charge is 2.45. The molecule has 1 aliphatic heterocycles. The summed E-state index contributed by atoms with van der Waals surface area (Å²) < 4.78 is 54.0. The minimum atomic E-state index is -3.54. The summed E-state index contributed by atoms with van der Waals surface area (Å²) in [4.78, 5) is 0. The molecule has 212 valence electrons. The van der Waals surface area contributed by atoms with E-state index in [1.165, 1.54) is 0 Å². The maximum atomic E-state index is 6.69. The van der Waals surface area contributed by atoms with Gasteiger partial charge in [0.2, 0.25) is 0 Å². The lowest BCUT2D eigenvalue weighted by atomic mass is 10.2. The van der Waals surface area contributed by atoms with E-state index >= 15 is 0 Å². The molecule has 0 radical (unpaired) electrons. The Bertz CT molecular complexity index is 1130. The highest BCUT2D eigenvalue weighted by Crippen LogP contribution is 2.80. The second-order valence-corrected chi connectivity index (χ2v) is 15.3. The van der Waals surface area contributed by atoms with Gasteiger partial charge in [0.25, 0.3) is 0 Å². The van der Waals surface area contributed by atoms with Gasteiger partial charge in [0.15, 0.2) is 0 Å². The molecule has 0 aliphatic carbocycles. The summed E-state index contributed by atoms with van der Waals surface area (Å²) in [6.45, 7) is 13.7. The Balaban J connectivity index is 2.37. The van der Waals surface area contributed by atoms with E-state index in [9.17, 15) is 0 Å². The van der Waals surface area contributed by atoms with Crippen LogP contribution in [0.2, 0.25) is 0 Å². The molecule has 2 aromatic carbocycles. The first-order valence-electron chi connectivity index (χ1n) is 13.3. The lowest BCUT2D eigenvalue weighted by molar-refractivity contribution is 0.227. The molecule has 0 unspecified atom stereocenters. The number of hydrogen-bond acceptors (Lipinski definition) is 9. The van der Waals surface area contributed by atoms with E-state index in [0.29, 0.717) is 37.9 Å². The van der Waals surface area contributed by atoms with Crippen molar-refractivity contribution in [1.29, 1.82) is 0 Å². The zero-order valence-electron chi connectivity index (χ0n) is 23.4. The first-order chi connectivity index (χ1) is 18.3. The van der Waals surface area contributed by atoms with Crippen LogP contribution in [0.1, 0.15) is 64.5 Å². The van der Waals surface area contributed by atoms with E-state index < -0.39 is 23.0 Å². The van der Waals surface area contributed by atoms with Crippen molar-refractivity contribution in [2.45, 2.75) is 67.2 Å². The largest absolute Gasteiger partial charge is 0.457 e. The molecule has 0 bridgehead atoms. The molecule has 0 fully saturated rings. The summed E-state index contributed by atoms with van der Waals surface area (Å²) in [7, 11) is -10.1. The zero-order valence-corrected chi connectivity index (χ0v) is 26.1. The van der Waals surface area contributed by atoms with Gasteiger partial charge in [-0.25, -0.2) is 0 Å². The Hall–Kier alpha value is -1.43. The minimum Gasteiger partial charge on any atom is -0.413 e. The number of aryl methyl sites for hydroxylation is 2. The third kappa shape index (κ3) is 8.29. The molecule has 12 heteroatoms. The predicted molar refractivity (Wildman–Crippen MR) is 157 cm³/mol. The van der Waals surface area contributed by atoms with Crippen LogP contribution in [0.25, 0.3) is 0 Å². The molecular formula is C26H42N3O6P3. The van der Waals surface area contributed by atoms with Gasteiger partial charge in [0.1, 0.15) is 11.5 Å². The van der Waals surface area contributed by atoms with Crippen molar-refractivity contribution in [2.75, 3.05) is 26.4 Å². The van der Waals surface area contributed by atoms with E-state index in [4.69, 9.17) is 40.7 Å². The monoisotopic (exact) mass is 585 g/mol. The van der Waals surface area contributed by atoms with Crippen molar-refractivity contribution in [2.24, 2.45) is 13.5 Å². The van der Waals surface area contributed by atoms with E-state index in [-0.39, 0.29) is 0 Å². The molecule has 0 atom stereocenters. The minimum absolute atomic E-state index is 0.404. The third-order valence-electron chi connectivity index (χ3n) is 5.15. The van der Waals surface area contributed by atoms with Gasteiger partial charge in [-0.2, -0.15) is 0 Å². The summed E-state index contributed by atoms with van der Waals surface area (Å²) in [6.07, 6.45) is 3.05. The first kappa shape index (κ1) is 31.1. The van der Waals surface area contributed by atoms with Gasteiger partial charge in [-0.05, 0) is 62.8 Å². The van der Waals surface area contributed by atoms with Crippen LogP contribution in [0.3, 0.4) is 0 Å².